The number of nitrogens with one attached hydrogen (secondary N) is 3. The summed E-state index contributed by atoms with van der Waals surface area (Å²) in [6, 6.07) is 25.8. The lowest BCUT2D eigenvalue weighted by Gasteiger charge is -2.30. The first-order valence-electron chi connectivity index (χ1n) is 19.6. The van der Waals surface area contributed by atoms with Gasteiger partial charge in [0.2, 0.25) is 11.8 Å². The Hall–Kier alpha value is -6.38. The van der Waals surface area contributed by atoms with Gasteiger partial charge in [-0.1, -0.05) is 66.7 Å². The van der Waals surface area contributed by atoms with E-state index >= 15 is 0 Å². The van der Waals surface area contributed by atoms with E-state index in [0.717, 1.165) is 81.7 Å². The minimum absolute atomic E-state index is 0.0914. The number of methoxy groups -OCH3 is 2. The number of rotatable bonds is 11. The smallest absolute Gasteiger partial charge is 0.407 e. The quantitative estimate of drug-likeness (QED) is 0.114. The summed E-state index contributed by atoms with van der Waals surface area (Å²) in [6.45, 7) is 2.93. The number of ether oxygens (including phenoxy) is 2. The topological polar surface area (TPSA) is 184 Å². The number of fused-ring (bicyclic) bond motifs is 1. The van der Waals surface area contributed by atoms with Crippen molar-refractivity contribution in [3.8, 4) is 33.8 Å². The minimum Gasteiger partial charge on any atom is -0.453 e. The second-order valence-corrected chi connectivity index (χ2v) is 14.9. The van der Waals surface area contributed by atoms with Crippen LogP contribution in [-0.2, 0) is 19.1 Å². The highest BCUT2D eigenvalue weighted by atomic mass is 16.5. The van der Waals surface area contributed by atoms with Crippen LogP contribution in [0.4, 0.5) is 4.79 Å². The summed E-state index contributed by atoms with van der Waals surface area (Å²) in [5.74, 6) is 1.11. The zero-order chi connectivity index (χ0) is 40.3. The number of amides is 3. The van der Waals surface area contributed by atoms with E-state index in [-0.39, 0.29) is 23.9 Å². The first kappa shape index (κ1) is 38.5. The predicted molar refractivity (Wildman–Crippen MR) is 219 cm³/mol. The van der Waals surface area contributed by atoms with E-state index in [2.05, 4.69) is 44.5 Å². The van der Waals surface area contributed by atoms with E-state index < -0.39 is 24.3 Å². The average molecular weight is 782 g/mol. The van der Waals surface area contributed by atoms with Crippen LogP contribution in [0.15, 0.2) is 97.3 Å². The highest BCUT2D eigenvalue weighted by Gasteiger charge is 2.39. The molecule has 0 saturated carbocycles. The van der Waals surface area contributed by atoms with Crippen molar-refractivity contribution in [1.29, 1.82) is 0 Å². The number of H-pyrrole nitrogens is 2. The molecule has 2 saturated heterocycles. The van der Waals surface area contributed by atoms with Gasteiger partial charge in [-0.25, -0.2) is 19.7 Å². The molecule has 0 radical (unpaired) electrons. The van der Waals surface area contributed by atoms with Gasteiger partial charge in [-0.2, -0.15) is 0 Å². The van der Waals surface area contributed by atoms with Gasteiger partial charge in [-0.15, -0.1) is 0 Å². The number of imidazole rings is 2. The number of aromatic amines is 2. The molecule has 2 aliphatic heterocycles. The molecule has 3 aromatic carbocycles. The highest BCUT2D eigenvalue weighted by Crippen LogP contribution is 2.35. The van der Waals surface area contributed by atoms with Crippen LogP contribution < -0.4 is 11.1 Å². The number of aromatic nitrogens is 5. The fraction of sp³-hybridized carbons (Fsp3) is 0.318. The predicted octanol–water partition coefficient (Wildman–Crippen LogP) is 6.47. The van der Waals surface area contributed by atoms with Crippen molar-refractivity contribution >= 4 is 28.8 Å². The molecule has 2 fully saturated rings. The summed E-state index contributed by atoms with van der Waals surface area (Å²) in [6.07, 6.45) is 5.64. The third-order valence-corrected chi connectivity index (χ3v) is 11.4. The normalized spacial score (nSPS) is 18.3. The van der Waals surface area contributed by atoms with Gasteiger partial charge >= 0.3 is 6.09 Å². The largest absolute Gasteiger partial charge is 0.453 e. The number of carbonyl (C=O) groups excluding carboxylic acids is 3. The molecule has 2 aliphatic rings. The number of alkyl carbamates (subject to hydrolysis) is 1. The van der Waals surface area contributed by atoms with Gasteiger partial charge in [-0.3, -0.25) is 9.59 Å². The molecule has 3 aromatic heterocycles. The molecule has 14 heteroatoms. The first-order valence-corrected chi connectivity index (χ1v) is 19.6. The molecule has 5 heterocycles. The number of nitrogens with two attached hydrogens (primary N) is 1. The highest BCUT2D eigenvalue weighted by molar-refractivity contribution is 5.88. The molecule has 0 bridgehead atoms. The standard InChI is InChI=1S/C44H47N9O5/c1-26(57-2)39(51-44(56)58-3)43(55)53-22-8-12-37(53)41-47-25-35(50-41)31-18-20-33-30(23-31)17-19-32(48-33)27-13-15-28(16-14-27)34-24-46-40(49-34)36-11-7-21-52(36)42(54)38(45)29-9-5-4-6-10-29/h4-6,9-10,13-20,23-26,36-39H,7-8,11-12,21-22,45H2,1-3H3,(H,46,49)(H,47,50)(H,51,56)/t26-,36+,37+,38-,39+/m1/s1. The van der Waals surface area contributed by atoms with E-state index in [4.69, 9.17) is 25.2 Å². The summed E-state index contributed by atoms with van der Waals surface area (Å²) >= 11 is 0. The van der Waals surface area contributed by atoms with Crippen LogP contribution >= 0.6 is 0 Å². The maximum atomic E-state index is 13.7. The monoisotopic (exact) mass is 781 g/mol. The molecule has 58 heavy (non-hydrogen) atoms. The zero-order valence-electron chi connectivity index (χ0n) is 32.7. The van der Waals surface area contributed by atoms with E-state index in [1.165, 1.54) is 14.2 Å². The average Bonchev–Trinajstić information content (AvgIpc) is 4.12. The second-order valence-electron chi connectivity index (χ2n) is 14.9. The van der Waals surface area contributed by atoms with Crippen molar-refractivity contribution in [2.24, 2.45) is 5.73 Å². The molecule has 5 atom stereocenters. The van der Waals surface area contributed by atoms with Crippen molar-refractivity contribution < 1.29 is 23.9 Å². The second kappa shape index (κ2) is 16.6. The molecule has 3 amide bonds. The molecule has 0 aliphatic carbocycles. The lowest BCUT2D eigenvalue weighted by atomic mass is 10.0. The molecule has 0 unspecified atom stereocenters. The number of carbonyl (C=O) groups is 3. The van der Waals surface area contributed by atoms with Crippen LogP contribution in [0.1, 0.15) is 67.9 Å². The lowest BCUT2D eigenvalue weighted by molar-refractivity contribution is -0.137. The van der Waals surface area contributed by atoms with Crippen molar-refractivity contribution in [1.82, 2.24) is 40.0 Å². The number of hydrogen-bond acceptors (Lipinski definition) is 9. The van der Waals surface area contributed by atoms with Crippen molar-refractivity contribution in [3.63, 3.8) is 0 Å². The van der Waals surface area contributed by atoms with Crippen LogP contribution in [-0.4, -0.2) is 92.1 Å². The van der Waals surface area contributed by atoms with Crippen LogP contribution in [0.5, 0.6) is 0 Å². The summed E-state index contributed by atoms with van der Waals surface area (Å²) in [5, 5.41) is 3.60. The Labute approximate surface area is 336 Å². The number of benzene rings is 3. The zero-order valence-corrected chi connectivity index (χ0v) is 32.7. The Morgan fingerprint density at radius 1 is 0.776 bits per heavy atom. The SMILES string of the molecule is COC(=O)N[C@H](C(=O)N1CCC[C@H]1c1ncc(-c2ccc3nc(-c4ccc(-c5cnc([C@@H]6CCCN6C(=O)[C@H](N)c6ccccc6)[nH]5)cc4)ccc3c2)[nH]1)[C@@H](C)OC. The molecule has 14 nitrogen and oxygen atoms in total. The molecule has 0 spiro atoms. The van der Waals surface area contributed by atoms with Crippen LogP contribution in [0, 0.1) is 0 Å². The number of likely N-dealkylation sites (tertiary alicyclic amines) is 2. The fourth-order valence-electron chi connectivity index (χ4n) is 8.07. The summed E-state index contributed by atoms with van der Waals surface area (Å²) in [4.78, 5) is 64.0. The van der Waals surface area contributed by atoms with Gasteiger partial charge < -0.3 is 40.3 Å². The lowest BCUT2D eigenvalue weighted by Crippen LogP contribution is -2.54. The summed E-state index contributed by atoms with van der Waals surface area (Å²) in [7, 11) is 2.76. The van der Waals surface area contributed by atoms with Gasteiger partial charge in [0.05, 0.1) is 60.3 Å². The Morgan fingerprint density at radius 3 is 2.02 bits per heavy atom. The van der Waals surface area contributed by atoms with Gasteiger partial charge in [0, 0.05) is 36.7 Å². The van der Waals surface area contributed by atoms with Crippen LogP contribution in [0.2, 0.25) is 0 Å². The van der Waals surface area contributed by atoms with Crippen molar-refractivity contribution in [2.75, 3.05) is 27.3 Å². The fourth-order valence-corrected chi connectivity index (χ4v) is 8.07. The van der Waals surface area contributed by atoms with E-state index in [1.807, 2.05) is 71.8 Å². The Balaban J connectivity index is 0.940. The molecule has 6 aromatic rings. The third kappa shape index (κ3) is 7.68. The Morgan fingerprint density at radius 2 is 1.38 bits per heavy atom. The third-order valence-electron chi connectivity index (χ3n) is 11.4. The van der Waals surface area contributed by atoms with Gasteiger partial charge in [-0.05, 0) is 61.9 Å². The molecule has 5 N–H and O–H groups in total. The molecular weight excluding hydrogens is 735 g/mol. The maximum Gasteiger partial charge on any atom is 0.407 e. The summed E-state index contributed by atoms with van der Waals surface area (Å²) in [5.41, 5.74) is 13.5. The van der Waals surface area contributed by atoms with Crippen molar-refractivity contribution in [3.05, 3.63) is 115 Å². The molecule has 298 valence electrons. The summed E-state index contributed by atoms with van der Waals surface area (Å²) < 4.78 is 10.2. The van der Waals surface area contributed by atoms with E-state index in [0.29, 0.717) is 18.9 Å². The Kier molecular flexibility index (Phi) is 11.0. The molecular formula is C44H47N9O5. The number of pyridine rings is 1. The first-order chi connectivity index (χ1) is 28.2. The van der Waals surface area contributed by atoms with Crippen LogP contribution in [0.25, 0.3) is 44.7 Å². The maximum absolute atomic E-state index is 13.7. The van der Waals surface area contributed by atoms with Crippen LogP contribution in [0.3, 0.4) is 0 Å². The number of hydrogen-bond donors (Lipinski definition) is 4. The van der Waals surface area contributed by atoms with E-state index in [9.17, 15) is 14.4 Å². The number of nitrogens with zero attached hydrogens (tertiary/aromatic N) is 5. The Bertz CT molecular complexity index is 2410. The van der Waals surface area contributed by atoms with Gasteiger partial charge in [0.25, 0.3) is 0 Å². The minimum atomic E-state index is -0.897. The van der Waals surface area contributed by atoms with Crippen molar-refractivity contribution in [2.45, 2.75) is 62.9 Å². The van der Waals surface area contributed by atoms with Gasteiger partial charge in [0.1, 0.15) is 23.7 Å². The molecule has 8 rings (SSSR count). The van der Waals surface area contributed by atoms with Gasteiger partial charge in [0.15, 0.2) is 0 Å². The van der Waals surface area contributed by atoms with E-state index in [1.54, 1.807) is 18.0 Å².